The first-order valence-corrected chi connectivity index (χ1v) is 7.93. The number of hydrogen-bond donors (Lipinski definition) is 0. The summed E-state index contributed by atoms with van der Waals surface area (Å²) >= 11 is 0. The molecule has 0 rings (SSSR count). The summed E-state index contributed by atoms with van der Waals surface area (Å²) in [5.41, 5.74) is -0.454. The molecule has 0 radical (unpaired) electrons. The van der Waals surface area contributed by atoms with Gasteiger partial charge >= 0.3 is 5.97 Å². The van der Waals surface area contributed by atoms with Crippen molar-refractivity contribution in [3.63, 3.8) is 0 Å². The summed E-state index contributed by atoms with van der Waals surface area (Å²) in [6.07, 6.45) is 12.3. The number of carbonyl (C=O) groups is 1. The van der Waals surface area contributed by atoms with Crippen molar-refractivity contribution in [1.82, 2.24) is 0 Å². The Morgan fingerprint density at radius 2 is 1.70 bits per heavy atom. The molecule has 0 amide bonds. The van der Waals surface area contributed by atoms with E-state index in [1.807, 2.05) is 27.7 Å². The molecule has 2 nitrogen and oxygen atoms in total. The van der Waals surface area contributed by atoms with Crippen LogP contribution in [0.15, 0.2) is 24.3 Å². The fourth-order valence-corrected chi connectivity index (χ4v) is 1.91. The third kappa shape index (κ3) is 6.93. The van der Waals surface area contributed by atoms with Crippen LogP contribution in [-0.4, -0.2) is 11.6 Å². The van der Waals surface area contributed by atoms with Gasteiger partial charge in [0.1, 0.15) is 5.60 Å². The van der Waals surface area contributed by atoms with Crippen LogP contribution in [0.1, 0.15) is 67.2 Å². The lowest BCUT2D eigenvalue weighted by Gasteiger charge is -2.31. The fraction of sp³-hybridized carbons (Fsp3) is 0.722. The molecule has 20 heavy (non-hydrogen) atoms. The molecular formula is C18H32O2. The third-order valence-electron chi connectivity index (χ3n) is 3.88. The van der Waals surface area contributed by atoms with Crippen molar-refractivity contribution in [2.24, 2.45) is 11.8 Å². The predicted molar refractivity (Wildman–Crippen MR) is 86.6 cm³/mol. The van der Waals surface area contributed by atoms with Crippen molar-refractivity contribution in [3.8, 4) is 0 Å². The van der Waals surface area contributed by atoms with Gasteiger partial charge < -0.3 is 4.74 Å². The molecule has 0 heterocycles. The highest BCUT2D eigenvalue weighted by Crippen LogP contribution is 2.25. The van der Waals surface area contributed by atoms with Gasteiger partial charge in [-0.05, 0) is 39.5 Å². The van der Waals surface area contributed by atoms with Crippen LogP contribution in [0.25, 0.3) is 0 Å². The molecule has 1 unspecified atom stereocenters. The molecule has 0 aromatic heterocycles. The zero-order valence-corrected chi connectivity index (χ0v) is 14.1. The average molecular weight is 280 g/mol. The van der Waals surface area contributed by atoms with Crippen molar-refractivity contribution in [1.29, 1.82) is 0 Å². The molecule has 1 atom stereocenters. The summed E-state index contributed by atoms with van der Waals surface area (Å²) < 4.78 is 5.71. The van der Waals surface area contributed by atoms with Crippen LogP contribution in [-0.2, 0) is 9.53 Å². The van der Waals surface area contributed by atoms with Crippen LogP contribution in [0.5, 0.6) is 0 Å². The second kappa shape index (κ2) is 9.79. The predicted octanol–water partition coefficient (Wildman–Crippen LogP) is 5.29. The van der Waals surface area contributed by atoms with Gasteiger partial charge in [0.05, 0.1) is 5.92 Å². The van der Waals surface area contributed by atoms with E-state index in [1.54, 1.807) is 0 Å². The zero-order chi connectivity index (χ0) is 15.6. The fourth-order valence-electron chi connectivity index (χ4n) is 1.91. The second-order valence-electron chi connectivity index (χ2n) is 5.87. The molecule has 0 saturated heterocycles. The molecule has 0 aliphatic rings. The van der Waals surface area contributed by atoms with Crippen molar-refractivity contribution < 1.29 is 9.53 Å². The molecule has 0 aliphatic carbocycles. The Morgan fingerprint density at radius 1 is 1.10 bits per heavy atom. The minimum Gasteiger partial charge on any atom is -0.459 e. The van der Waals surface area contributed by atoms with E-state index < -0.39 is 5.60 Å². The highest BCUT2D eigenvalue weighted by atomic mass is 16.6. The second-order valence-corrected chi connectivity index (χ2v) is 5.87. The number of carbonyl (C=O) groups excluding carboxylic acids is 1. The van der Waals surface area contributed by atoms with E-state index >= 15 is 0 Å². The van der Waals surface area contributed by atoms with Crippen molar-refractivity contribution >= 4 is 5.97 Å². The smallest absolute Gasteiger partial charge is 0.309 e. The Bertz CT molecular complexity index is 322. The van der Waals surface area contributed by atoms with Gasteiger partial charge in [0.15, 0.2) is 0 Å². The van der Waals surface area contributed by atoms with Crippen LogP contribution < -0.4 is 0 Å². The van der Waals surface area contributed by atoms with Gasteiger partial charge in [-0.1, -0.05) is 52.0 Å². The van der Waals surface area contributed by atoms with E-state index in [0.717, 1.165) is 25.7 Å². The Hall–Kier alpha value is -1.05. The first-order chi connectivity index (χ1) is 9.38. The summed E-state index contributed by atoms with van der Waals surface area (Å²) in [6, 6.07) is 0. The normalized spacial score (nSPS) is 14.3. The van der Waals surface area contributed by atoms with E-state index in [2.05, 4.69) is 38.2 Å². The number of rotatable bonds is 9. The van der Waals surface area contributed by atoms with E-state index in [9.17, 15) is 4.79 Å². The van der Waals surface area contributed by atoms with Crippen molar-refractivity contribution in [2.45, 2.75) is 72.8 Å². The molecule has 0 N–H and O–H groups in total. The van der Waals surface area contributed by atoms with Crippen LogP contribution >= 0.6 is 0 Å². The lowest BCUT2D eigenvalue weighted by molar-refractivity contribution is -0.164. The number of hydrogen-bond acceptors (Lipinski definition) is 2. The summed E-state index contributed by atoms with van der Waals surface area (Å²) in [6.45, 7) is 12.3. The first-order valence-electron chi connectivity index (χ1n) is 7.93. The maximum absolute atomic E-state index is 12.1. The van der Waals surface area contributed by atoms with E-state index in [1.165, 1.54) is 0 Å². The quantitative estimate of drug-likeness (QED) is 0.423. The molecule has 116 valence electrons. The maximum atomic E-state index is 12.1. The van der Waals surface area contributed by atoms with Gasteiger partial charge in [-0.15, -0.1) is 0 Å². The molecule has 0 bridgehead atoms. The van der Waals surface area contributed by atoms with Gasteiger partial charge in [-0.3, -0.25) is 4.79 Å². The summed E-state index contributed by atoms with van der Waals surface area (Å²) in [5.74, 6) is 0.167. The van der Waals surface area contributed by atoms with Gasteiger partial charge in [0, 0.05) is 5.92 Å². The summed E-state index contributed by atoms with van der Waals surface area (Å²) in [4.78, 5) is 12.1. The van der Waals surface area contributed by atoms with Gasteiger partial charge in [-0.25, -0.2) is 0 Å². The molecular weight excluding hydrogens is 248 g/mol. The molecule has 0 spiro atoms. The van der Waals surface area contributed by atoms with E-state index in [4.69, 9.17) is 4.74 Å². The molecule has 2 heteroatoms. The average Bonchev–Trinajstić information content (AvgIpc) is 2.39. The zero-order valence-electron chi connectivity index (χ0n) is 14.1. The minimum absolute atomic E-state index is 0.0259. The molecule has 0 saturated carbocycles. The Labute approximate surface area is 125 Å². The number of ether oxygens (including phenoxy) is 1. The monoisotopic (exact) mass is 280 g/mol. The van der Waals surface area contributed by atoms with Gasteiger partial charge in [0.25, 0.3) is 0 Å². The van der Waals surface area contributed by atoms with Gasteiger partial charge in [0.2, 0.25) is 0 Å². The summed E-state index contributed by atoms with van der Waals surface area (Å²) in [7, 11) is 0. The standard InChI is InChI=1S/C18H32O2/c1-7-10-11-12-13-14-15(4)18(5,6)20-17(19)16(8-2)9-3/h10-11,13-16H,7-9,12H2,1-6H3/b11-10-,14-13-. The largest absolute Gasteiger partial charge is 0.459 e. The van der Waals surface area contributed by atoms with Crippen LogP contribution in [0.4, 0.5) is 0 Å². The van der Waals surface area contributed by atoms with Crippen LogP contribution in [0.3, 0.4) is 0 Å². The number of allylic oxidation sites excluding steroid dienone is 3. The topological polar surface area (TPSA) is 26.3 Å². The Balaban J connectivity index is 4.46. The van der Waals surface area contributed by atoms with Crippen molar-refractivity contribution in [3.05, 3.63) is 24.3 Å². The van der Waals surface area contributed by atoms with E-state index in [0.29, 0.717) is 0 Å². The third-order valence-corrected chi connectivity index (χ3v) is 3.88. The molecule has 0 fully saturated rings. The van der Waals surface area contributed by atoms with Crippen LogP contribution in [0.2, 0.25) is 0 Å². The lowest BCUT2D eigenvalue weighted by atomic mass is 9.91. The first kappa shape index (κ1) is 18.9. The molecule has 0 aromatic carbocycles. The molecule has 0 aromatic rings. The van der Waals surface area contributed by atoms with E-state index in [-0.39, 0.29) is 17.8 Å². The maximum Gasteiger partial charge on any atom is 0.309 e. The minimum atomic E-state index is -0.454. The Kier molecular flexibility index (Phi) is 9.28. The number of esters is 1. The SMILES string of the molecule is CC/C=C\C/C=C\C(C)C(C)(C)OC(=O)C(CC)CC. The summed E-state index contributed by atoms with van der Waals surface area (Å²) in [5, 5.41) is 0. The van der Waals surface area contributed by atoms with Gasteiger partial charge in [-0.2, -0.15) is 0 Å². The van der Waals surface area contributed by atoms with Crippen LogP contribution in [0, 0.1) is 11.8 Å². The lowest BCUT2D eigenvalue weighted by Crippen LogP contribution is -2.36. The Morgan fingerprint density at radius 3 is 2.20 bits per heavy atom. The molecule has 0 aliphatic heterocycles. The highest BCUT2D eigenvalue weighted by molar-refractivity contribution is 5.72. The van der Waals surface area contributed by atoms with Crippen molar-refractivity contribution in [2.75, 3.05) is 0 Å². The highest BCUT2D eigenvalue weighted by Gasteiger charge is 2.30.